The predicted molar refractivity (Wildman–Crippen MR) is 69.6 cm³/mol. The maximum absolute atomic E-state index is 6.48. The molecule has 0 radical (unpaired) electrons. The van der Waals surface area contributed by atoms with Gasteiger partial charge in [0.25, 0.3) is 0 Å². The highest BCUT2D eigenvalue weighted by atomic mass is 14.7. The van der Waals surface area contributed by atoms with Gasteiger partial charge in [-0.15, -0.1) is 0 Å². The Hall–Kier alpha value is -0.820. The SMILES string of the molecule is Cc1ccc(CC2(N)CCCCC2)cc1C. The normalized spacial score (nSPS) is 19.7. The quantitative estimate of drug-likeness (QED) is 0.806. The molecule has 0 atom stereocenters. The van der Waals surface area contributed by atoms with E-state index in [1.54, 1.807) is 0 Å². The van der Waals surface area contributed by atoms with Crippen molar-refractivity contribution in [3.63, 3.8) is 0 Å². The molecule has 1 aromatic carbocycles. The summed E-state index contributed by atoms with van der Waals surface area (Å²) < 4.78 is 0. The molecule has 0 aliphatic heterocycles. The number of hydrogen-bond donors (Lipinski definition) is 1. The minimum Gasteiger partial charge on any atom is -0.325 e. The number of benzene rings is 1. The first-order chi connectivity index (χ1) is 7.59. The van der Waals surface area contributed by atoms with Gasteiger partial charge in [0, 0.05) is 5.54 Å². The fourth-order valence-electron chi connectivity index (χ4n) is 2.75. The summed E-state index contributed by atoms with van der Waals surface area (Å²) in [5.74, 6) is 0. The molecule has 16 heavy (non-hydrogen) atoms. The standard InChI is InChI=1S/C15H23N/c1-12-6-7-14(10-13(12)2)11-15(16)8-4-3-5-9-15/h6-7,10H,3-5,8-9,11,16H2,1-2H3. The van der Waals surface area contributed by atoms with E-state index in [1.165, 1.54) is 48.8 Å². The average molecular weight is 217 g/mol. The van der Waals surface area contributed by atoms with Crippen LogP contribution in [0.1, 0.15) is 48.8 Å². The third kappa shape index (κ3) is 2.65. The number of hydrogen-bond acceptors (Lipinski definition) is 1. The molecule has 2 rings (SSSR count). The summed E-state index contributed by atoms with van der Waals surface area (Å²) in [7, 11) is 0. The maximum atomic E-state index is 6.48. The van der Waals surface area contributed by atoms with Gasteiger partial charge in [0.1, 0.15) is 0 Å². The Morgan fingerprint density at radius 2 is 1.75 bits per heavy atom. The summed E-state index contributed by atoms with van der Waals surface area (Å²) in [5.41, 5.74) is 10.7. The monoisotopic (exact) mass is 217 g/mol. The van der Waals surface area contributed by atoms with Crippen molar-refractivity contribution in [2.45, 2.75) is 57.9 Å². The smallest absolute Gasteiger partial charge is 0.0195 e. The first-order valence-corrected chi connectivity index (χ1v) is 6.44. The fraction of sp³-hybridized carbons (Fsp3) is 0.600. The van der Waals surface area contributed by atoms with Crippen LogP contribution >= 0.6 is 0 Å². The summed E-state index contributed by atoms with van der Waals surface area (Å²) in [6, 6.07) is 6.76. The Balaban J connectivity index is 2.10. The van der Waals surface area contributed by atoms with E-state index in [-0.39, 0.29) is 5.54 Å². The first-order valence-electron chi connectivity index (χ1n) is 6.44. The first kappa shape index (κ1) is 11.7. The van der Waals surface area contributed by atoms with Crippen LogP contribution in [-0.2, 0) is 6.42 Å². The molecule has 0 aromatic heterocycles. The van der Waals surface area contributed by atoms with Crippen LogP contribution in [-0.4, -0.2) is 5.54 Å². The van der Waals surface area contributed by atoms with E-state index in [0.717, 1.165) is 6.42 Å². The van der Waals surface area contributed by atoms with Gasteiger partial charge in [-0.05, 0) is 49.8 Å². The summed E-state index contributed by atoms with van der Waals surface area (Å²) in [6.45, 7) is 4.35. The van der Waals surface area contributed by atoms with Crippen LogP contribution in [0.25, 0.3) is 0 Å². The van der Waals surface area contributed by atoms with E-state index in [4.69, 9.17) is 5.73 Å². The van der Waals surface area contributed by atoms with Gasteiger partial charge in [-0.25, -0.2) is 0 Å². The van der Waals surface area contributed by atoms with E-state index in [2.05, 4.69) is 32.0 Å². The molecule has 1 aliphatic rings. The lowest BCUT2D eigenvalue weighted by molar-refractivity contribution is 0.294. The zero-order chi connectivity index (χ0) is 11.6. The molecule has 0 saturated heterocycles. The van der Waals surface area contributed by atoms with E-state index in [0.29, 0.717) is 0 Å². The van der Waals surface area contributed by atoms with Crippen LogP contribution in [0.4, 0.5) is 0 Å². The van der Waals surface area contributed by atoms with Gasteiger partial charge in [-0.2, -0.15) is 0 Å². The average Bonchev–Trinajstić information content (AvgIpc) is 2.24. The van der Waals surface area contributed by atoms with E-state index >= 15 is 0 Å². The number of nitrogens with two attached hydrogens (primary N) is 1. The molecule has 2 N–H and O–H groups in total. The molecule has 1 saturated carbocycles. The molecule has 0 amide bonds. The van der Waals surface area contributed by atoms with Gasteiger partial charge >= 0.3 is 0 Å². The van der Waals surface area contributed by atoms with E-state index in [9.17, 15) is 0 Å². The number of rotatable bonds is 2. The van der Waals surface area contributed by atoms with Gasteiger partial charge in [-0.3, -0.25) is 0 Å². The summed E-state index contributed by atoms with van der Waals surface area (Å²) in [6.07, 6.45) is 7.42. The zero-order valence-electron chi connectivity index (χ0n) is 10.6. The fourth-order valence-corrected chi connectivity index (χ4v) is 2.75. The molecule has 1 nitrogen and oxygen atoms in total. The third-order valence-electron chi connectivity index (χ3n) is 3.98. The van der Waals surface area contributed by atoms with Crippen molar-refractivity contribution in [1.82, 2.24) is 0 Å². The van der Waals surface area contributed by atoms with Gasteiger partial charge in [0.2, 0.25) is 0 Å². The van der Waals surface area contributed by atoms with Crippen molar-refractivity contribution >= 4 is 0 Å². The van der Waals surface area contributed by atoms with Crippen LogP contribution in [0.5, 0.6) is 0 Å². The van der Waals surface area contributed by atoms with Gasteiger partial charge in [0.15, 0.2) is 0 Å². The van der Waals surface area contributed by atoms with Crippen molar-refractivity contribution in [3.8, 4) is 0 Å². The highest BCUT2D eigenvalue weighted by Gasteiger charge is 2.27. The summed E-state index contributed by atoms with van der Waals surface area (Å²) in [4.78, 5) is 0. The highest BCUT2D eigenvalue weighted by Crippen LogP contribution is 2.29. The Morgan fingerprint density at radius 1 is 1.06 bits per heavy atom. The van der Waals surface area contributed by atoms with Crippen molar-refractivity contribution in [2.75, 3.05) is 0 Å². The van der Waals surface area contributed by atoms with Crippen molar-refractivity contribution < 1.29 is 0 Å². The molecule has 1 fully saturated rings. The second-order valence-electron chi connectivity index (χ2n) is 5.52. The molecular formula is C15H23N. The molecule has 0 bridgehead atoms. The molecule has 0 spiro atoms. The van der Waals surface area contributed by atoms with Crippen molar-refractivity contribution in [1.29, 1.82) is 0 Å². The Bertz CT molecular complexity index is 362. The van der Waals surface area contributed by atoms with Crippen LogP contribution < -0.4 is 5.73 Å². The minimum absolute atomic E-state index is 0.0694. The van der Waals surface area contributed by atoms with Crippen LogP contribution in [0.2, 0.25) is 0 Å². The van der Waals surface area contributed by atoms with Crippen LogP contribution in [0.15, 0.2) is 18.2 Å². The van der Waals surface area contributed by atoms with Gasteiger partial charge < -0.3 is 5.73 Å². The molecule has 0 unspecified atom stereocenters. The Morgan fingerprint density at radius 3 is 2.38 bits per heavy atom. The topological polar surface area (TPSA) is 26.0 Å². The zero-order valence-corrected chi connectivity index (χ0v) is 10.6. The summed E-state index contributed by atoms with van der Waals surface area (Å²) >= 11 is 0. The predicted octanol–water partition coefficient (Wildman–Crippen LogP) is 3.51. The molecule has 0 heterocycles. The molecular weight excluding hydrogens is 194 g/mol. The van der Waals surface area contributed by atoms with Crippen LogP contribution in [0, 0.1) is 13.8 Å². The lowest BCUT2D eigenvalue weighted by Gasteiger charge is -2.33. The van der Waals surface area contributed by atoms with Gasteiger partial charge in [-0.1, -0.05) is 37.5 Å². The second kappa shape index (κ2) is 4.58. The minimum atomic E-state index is 0.0694. The van der Waals surface area contributed by atoms with Crippen molar-refractivity contribution in [3.05, 3.63) is 34.9 Å². The highest BCUT2D eigenvalue weighted by molar-refractivity contribution is 5.31. The molecule has 88 valence electrons. The summed E-state index contributed by atoms with van der Waals surface area (Å²) in [5, 5.41) is 0. The van der Waals surface area contributed by atoms with Crippen LogP contribution in [0.3, 0.4) is 0 Å². The Kier molecular flexibility index (Phi) is 3.34. The largest absolute Gasteiger partial charge is 0.325 e. The molecule has 1 aliphatic carbocycles. The van der Waals surface area contributed by atoms with E-state index < -0.39 is 0 Å². The lowest BCUT2D eigenvalue weighted by atomic mass is 9.78. The second-order valence-corrected chi connectivity index (χ2v) is 5.52. The Labute approximate surface area is 99.0 Å². The number of aryl methyl sites for hydroxylation is 2. The lowest BCUT2D eigenvalue weighted by Crippen LogP contribution is -2.43. The maximum Gasteiger partial charge on any atom is 0.0195 e. The molecule has 1 heteroatoms. The third-order valence-corrected chi connectivity index (χ3v) is 3.98. The molecule has 1 aromatic rings. The van der Waals surface area contributed by atoms with E-state index in [1.807, 2.05) is 0 Å². The van der Waals surface area contributed by atoms with Crippen molar-refractivity contribution in [2.24, 2.45) is 5.73 Å². The van der Waals surface area contributed by atoms with Gasteiger partial charge in [0.05, 0.1) is 0 Å².